The van der Waals surface area contributed by atoms with E-state index in [9.17, 15) is 10.1 Å². The van der Waals surface area contributed by atoms with Crippen LogP contribution in [0.3, 0.4) is 0 Å². The van der Waals surface area contributed by atoms with Gasteiger partial charge in [-0.05, 0) is 23.8 Å². The lowest BCUT2D eigenvalue weighted by Gasteiger charge is -2.11. The minimum Gasteiger partial charge on any atom is -0.438 e. The minimum atomic E-state index is -0.609. The molecule has 0 aliphatic rings. The third-order valence-corrected chi connectivity index (χ3v) is 4.95. The molecule has 4 aromatic rings. The number of ether oxygens (including phenoxy) is 1. The molecule has 0 aliphatic heterocycles. The number of anilines is 2. The van der Waals surface area contributed by atoms with Gasteiger partial charge < -0.3 is 15.8 Å². The van der Waals surface area contributed by atoms with Gasteiger partial charge in [-0.3, -0.25) is 9.48 Å². The maximum Gasteiger partial charge on any atom is 0.265 e. The molecule has 35 heavy (non-hydrogen) atoms. The van der Waals surface area contributed by atoms with E-state index in [1.165, 1.54) is 6.33 Å². The van der Waals surface area contributed by atoms with Gasteiger partial charge in [-0.2, -0.15) is 15.6 Å². The minimum absolute atomic E-state index is 0.194. The highest BCUT2D eigenvalue weighted by Crippen LogP contribution is 2.35. The summed E-state index contributed by atoms with van der Waals surface area (Å²) < 4.78 is 7.65. The van der Waals surface area contributed by atoms with Crippen LogP contribution in [0.2, 0.25) is 0 Å². The average molecular weight is 462 g/mol. The van der Waals surface area contributed by atoms with Crippen molar-refractivity contribution in [3.8, 4) is 34.9 Å². The maximum absolute atomic E-state index is 11.9. The second kappa shape index (κ2) is 9.98. The Morgan fingerprint density at radius 1 is 1.17 bits per heavy atom. The lowest BCUT2D eigenvalue weighted by molar-refractivity contribution is -0.112. The Kier molecular flexibility index (Phi) is 6.47. The molecule has 0 radical (unpaired) electrons. The van der Waals surface area contributed by atoms with Crippen LogP contribution in [0.15, 0.2) is 79.4 Å². The first-order valence-electron chi connectivity index (χ1n) is 10.3. The fourth-order valence-electron chi connectivity index (χ4n) is 3.26. The molecule has 170 valence electrons. The van der Waals surface area contributed by atoms with E-state index in [0.717, 1.165) is 5.56 Å². The highest BCUT2D eigenvalue weighted by Gasteiger charge is 2.17. The number of carbonyl (C=O) groups is 1. The van der Waals surface area contributed by atoms with Crippen LogP contribution in [0.25, 0.3) is 11.1 Å². The van der Waals surface area contributed by atoms with Gasteiger partial charge in [0.1, 0.15) is 29.5 Å². The summed E-state index contributed by atoms with van der Waals surface area (Å²) >= 11 is 0. The van der Waals surface area contributed by atoms with E-state index >= 15 is 0 Å². The maximum atomic E-state index is 11.9. The topological polar surface area (TPSA) is 156 Å². The van der Waals surface area contributed by atoms with E-state index in [1.807, 2.05) is 18.2 Å². The van der Waals surface area contributed by atoms with Crippen LogP contribution in [0.5, 0.6) is 11.6 Å². The van der Waals surface area contributed by atoms with E-state index in [0.29, 0.717) is 34.7 Å². The van der Waals surface area contributed by atoms with Crippen molar-refractivity contribution in [1.29, 1.82) is 10.5 Å². The summed E-state index contributed by atoms with van der Waals surface area (Å²) in [6, 6.07) is 17.7. The average Bonchev–Trinajstić information content (AvgIpc) is 3.32. The number of hydrogen-bond donors (Lipinski definition) is 2. The first-order chi connectivity index (χ1) is 17.0. The number of nitrogens with two attached hydrogens (primary N) is 1. The Hall–Kier alpha value is -5.48. The van der Waals surface area contributed by atoms with Crippen molar-refractivity contribution in [1.82, 2.24) is 19.7 Å². The Labute approximate surface area is 200 Å². The number of amides is 1. The summed E-state index contributed by atoms with van der Waals surface area (Å²) in [7, 11) is 0. The van der Waals surface area contributed by atoms with Crippen molar-refractivity contribution in [3.63, 3.8) is 0 Å². The second-order valence-corrected chi connectivity index (χ2v) is 7.31. The number of nitrogen functional groups attached to an aromatic ring is 1. The van der Waals surface area contributed by atoms with Crippen molar-refractivity contribution in [2.75, 3.05) is 11.1 Å². The first-order valence-corrected chi connectivity index (χ1v) is 10.3. The van der Waals surface area contributed by atoms with Crippen LogP contribution in [-0.2, 0) is 11.3 Å². The molecule has 4 rings (SSSR count). The number of hydrogen-bond acceptors (Lipinski definition) is 8. The Morgan fingerprint density at radius 3 is 2.80 bits per heavy atom. The van der Waals surface area contributed by atoms with E-state index in [2.05, 4.69) is 33.0 Å². The number of aromatic nitrogens is 4. The number of nitrogens with one attached hydrogen (secondary N) is 1. The van der Waals surface area contributed by atoms with Crippen LogP contribution >= 0.6 is 0 Å². The summed E-state index contributed by atoms with van der Waals surface area (Å²) in [5.41, 5.74) is 8.82. The zero-order valence-corrected chi connectivity index (χ0v) is 18.3. The van der Waals surface area contributed by atoms with Crippen molar-refractivity contribution in [2.24, 2.45) is 0 Å². The molecule has 1 amide bonds. The number of rotatable bonds is 7. The summed E-state index contributed by atoms with van der Waals surface area (Å²) in [6.45, 7) is 3.79. The lowest BCUT2D eigenvalue weighted by Crippen LogP contribution is -2.12. The zero-order valence-electron chi connectivity index (χ0n) is 18.3. The van der Waals surface area contributed by atoms with Crippen molar-refractivity contribution >= 4 is 17.4 Å². The predicted octanol–water partition coefficient (Wildman–Crippen LogP) is 3.65. The monoisotopic (exact) mass is 462 g/mol. The van der Waals surface area contributed by atoms with E-state index in [4.69, 9.17) is 15.7 Å². The molecule has 0 bridgehead atoms. The van der Waals surface area contributed by atoms with Gasteiger partial charge in [0.2, 0.25) is 5.88 Å². The zero-order chi connectivity index (χ0) is 24.8. The van der Waals surface area contributed by atoms with Crippen molar-refractivity contribution < 1.29 is 9.53 Å². The number of nitrogens with zero attached hydrogens (tertiary/aromatic N) is 6. The molecule has 0 saturated heterocycles. The molecule has 3 N–H and O–H groups in total. The molecule has 2 aromatic carbocycles. The third kappa shape index (κ3) is 5.13. The van der Waals surface area contributed by atoms with E-state index in [-0.39, 0.29) is 17.3 Å². The number of nitriles is 2. The molecular formula is C25H18N8O2. The summed E-state index contributed by atoms with van der Waals surface area (Å²) in [5, 5.41) is 25.1. The van der Waals surface area contributed by atoms with Crippen LogP contribution in [0, 0.1) is 22.7 Å². The molecular weight excluding hydrogens is 444 g/mol. The predicted molar refractivity (Wildman–Crippen MR) is 128 cm³/mol. The standard InChI is InChI=1S/C25H18N8O2/c1-16(10-26)24(34)32-20-7-4-8-21(9-20)35-25-22(23(28)29-15-30-25)19-12-31-33(14-19)13-18-6-3-2-5-17(18)11-27/h2-9,12,14-15H,1,13H2,(H,32,34)(H2,28,29,30). The van der Waals surface area contributed by atoms with Gasteiger partial charge in [-0.1, -0.05) is 30.8 Å². The number of benzene rings is 2. The van der Waals surface area contributed by atoms with Gasteiger partial charge in [-0.25, -0.2) is 9.97 Å². The van der Waals surface area contributed by atoms with E-state index < -0.39 is 5.91 Å². The third-order valence-electron chi connectivity index (χ3n) is 4.95. The van der Waals surface area contributed by atoms with Crippen LogP contribution in [0.1, 0.15) is 11.1 Å². The quantitative estimate of drug-likeness (QED) is 0.311. The van der Waals surface area contributed by atoms with Crippen molar-refractivity contribution in [3.05, 3.63) is 90.5 Å². The van der Waals surface area contributed by atoms with Gasteiger partial charge in [-0.15, -0.1) is 0 Å². The molecule has 0 fully saturated rings. The molecule has 0 spiro atoms. The Morgan fingerprint density at radius 2 is 2.00 bits per heavy atom. The second-order valence-electron chi connectivity index (χ2n) is 7.31. The van der Waals surface area contributed by atoms with Gasteiger partial charge >= 0.3 is 0 Å². The van der Waals surface area contributed by atoms with Gasteiger partial charge in [0, 0.05) is 23.5 Å². The molecule has 0 unspecified atom stereocenters. The molecule has 2 aromatic heterocycles. The normalized spacial score (nSPS) is 10.1. The van der Waals surface area contributed by atoms with Crippen LogP contribution < -0.4 is 15.8 Å². The Balaban J connectivity index is 1.60. The molecule has 0 aliphatic carbocycles. The summed E-state index contributed by atoms with van der Waals surface area (Å²) in [6.07, 6.45) is 4.66. The highest BCUT2D eigenvalue weighted by molar-refractivity contribution is 6.06. The van der Waals surface area contributed by atoms with Gasteiger partial charge in [0.05, 0.1) is 29.9 Å². The van der Waals surface area contributed by atoms with Crippen molar-refractivity contribution in [2.45, 2.75) is 6.54 Å². The SMILES string of the molecule is C=C(C#N)C(=O)Nc1cccc(Oc2ncnc(N)c2-c2cnn(Cc3ccccc3C#N)c2)c1. The van der Waals surface area contributed by atoms with Gasteiger partial charge in [0.15, 0.2) is 0 Å². The summed E-state index contributed by atoms with van der Waals surface area (Å²) in [4.78, 5) is 20.2. The number of carbonyl (C=O) groups excluding carboxylic acids is 1. The highest BCUT2D eigenvalue weighted by atomic mass is 16.5. The van der Waals surface area contributed by atoms with Crippen LogP contribution in [-0.4, -0.2) is 25.7 Å². The fraction of sp³-hybridized carbons (Fsp3) is 0.0400. The van der Waals surface area contributed by atoms with Gasteiger partial charge in [0.25, 0.3) is 5.91 Å². The van der Waals surface area contributed by atoms with Crippen LogP contribution in [0.4, 0.5) is 11.5 Å². The van der Waals surface area contributed by atoms with E-state index in [1.54, 1.807) is 53.5 Å². The molecule has 2 heterocycles. The Bertz CT molecular complexity index is 1510. The molecule has 0 atom stereocenters. The molecule has 10 nitrogen and oxygen atoms in total. The molecule has 10 heteroatoms. The first kappa shape index (κ1) is 22.7. The smallest absolute Gasteiger partial charge is 0.265 e. The largest absolute Gasteiger partial charge is 0.438 e. The molecule has 0 saturated carbocycles. The lowest BCUT2D eigenvalue weighted by atomic mass is 10.1. The fourth-order valence-corrected chi connectivity index (χ4v) is 3.26. The summed E-state index contributed by atoms with van der Waals surface area (Å²) in [5.74, 6) is 0.156.